The summed E-state index contributed by atoms with van der Waals surface area (Å²) >= 11 is 4.66. The molecule has 0 aliphatic carbocycles. The maximum absolute atomic E-state index is 13.4. The molecule has 1 amide bonds. The van der Waals surface area contributed by atoms with Crippen molar-refractivity contribution in [2.75, 3.05) is 4.90 Å². The van der Waals surface area contributed by atoms with Crippen LogP contribution in [0.4, 0.5) is 5.69 Å². The van der Waals surface area contributed by atoms with Crippen LogP contribution < -0.4 is 4.90 Å². The second kappa shape index (κ2) is 7.53. The number of aliphatic hydroxyl groups is 1. The largest absolute Gasteiger partial charge is 0.503 e. The van der Waals surface area contributed by atoms with Crippen molar-refractivity contribution in [1.29, 1.82) is 0 Å². The van der Waals surface area contributed by atoms with Crippen LogP contribution in [0, 0.1) is 13.8 Å². The molecule has 1 N–H and O–H groups in total. The zero-order valence-electron chi connectivity index (χ0n) is 15.6. The quantitative estimate of drug-likeness (QED) is 0.559. The highest BCUT2D eigenvalue weighted by Gasteiger charge is 2.45. The Labute approximate surface area is 179 Å². The lowest BCUT2D eigenvalue weighted by Gasteiger charge is -2.26. The average molecular weight is 470 g/mol. The first-order valence-corrected chi connectivity index (χ1v) is 10.4. The molecule has 2 aromatic heterocycles. The second-order valence-electron chi connectivity index (χ2n) is 6.58. The first-order valence-electron chi connectivity index (χ1n) is 8.79. The number of carbonyl (C=O) groups excluding carboxylic acids is 2. The topological polar surface area (TPSA) is 83.4 Å². The van der Waals surface area contributed by atoms with E-state index in [9.17, 15) is 14.7 Å². The zero-order valence-corrected chi connectivity index (χ0v) is 18.0. The van der Waals surface area contributed by atoms with Crippen molar-refractivity contribution in [2.24, 2.45) is 0 Å². The number of halogens is 1. The molecule has 1 aromatic carbocycles. The molecular formula is C21H16BrN3O3S. The smallest absolute Gasteiger partial charge is 0.294 e. The average Bonchev–Trinajstić information content (AvgIpc) is 3.18. The van der Waals surface area contributed by atoms with Gasteiger partial charge in [0.05, 0.1) is 27.2 Å². The maximum Gasteiger partial charge on any atom is 0.294 e. The summed E-state index contributed by atoms with van der Waals surface area (Å²) in [4.78, 5) is 36.8. The number of anilines is 1. The van der Waals surface area contributed by atoms with Crippen molar-refractivity contribution in [3.63, 3.8) is 0 Å². The Bertz CT molecular complexity index is 1160. The van der Waals surface area contributed by atoms with Crippen molar-refractivity contribution >= 4 is 44.6 Å². The van der Waals surface area contributed by atoms with Gasteiger partial charge in [0.2, 0.25) is 5.78 Å². The minimum absolute atomic E-state index is 0.0368. The molecular weight excluding hydrogens is 454 g/mol. The zero-order chi connectivity index (χ0) is 20.7. The summed E-state index contributed by atoms with van der Waals surface area (Å²) in [7, 11) is 0. The summed E-state index contributed by atoms with van der Waals surface area (Å²) in [6.07, 6.45) is 3.21. The van der Waals surface area contributed by atoms with E-state index in [0.717, 1.165) is 9.48 Å². The predicted octanol–water partition coefficient (Wildman–Crippen LogP) is 4.70. The lowest BCUT2D eigenvalue weighted by Crippen LogP contribution is -2.31. The molecule has 0 spiro atoms. The van der Waals surface area contributed by atoms with Gasteiger partial charge in [0.1, 0.15) is 0 Å². The fourth-order valence-electron chi connectivity index (χ4n) is 3.45. The number of benzene rings is 1. The summed E-state index contributed by atoms with van der Waals surface area (Å²) < 4.78 is 0.779. The van der Waals surface area contributed by atoms with Crippen LogP contribution in [0.3, 0.4) is 0 Å². The van der Waals surface area contributed by atoms with Crippen LogP contribution in [0.2, 0.25) is 0 Å². The van der Waals surface area contributed by atoms with Gasteiger partial charge in [0.15, 0.2) is 5.76 Å². The normalized spacial score (nSPS) is 16.6. The van der Waals surface area contributed by atoms with E-state index < -0.39 is 23.5 Å². The van der Waals surface area contributed by atoms with Crippen LogP contribution in [0.1, 0.15) is 32.0 Å². The second-order valence-corrected chi connectivity index (χ2v) is 8.70. The van der Waals surface area contributed by atoms with Crippen LogP contribution in [0.15, 0.2) is 64.6 Å². The molecule has 0 fully saturated rings. The highest BCUT2D eigenvalue weighted by atomic mass is 79.9. The van der Waals surface area contributed by atoms with Gasteiger partial charge < -0.3 is 5.11 Å². The van der Waals surface area contributed by atoms with E-state index in [2.05, 4.69) is 25.9 Å². The number of ketones is 1. The Kier molecular flexibility index (Phi) is 5.06. The summed E-state index contributed by atoms with van der Waals surface area (Å²) in [5.41, 5.74) is 1.81. The third-order valence-corrected chi connectivity index (χ3v) is 6.21. The van der Waals surface area contributed by atoms with Gasteiger partial charge in [-0.3, -0.25) is 19.5 Å². The number of Topliss-reactive ketones (excluding diaryl/α,β-unsaturated/α-hetero) is 1. The van der Waals surface area contributed by atoms with Gasteiger partial charge in [0.25, 0.3) is 5.91 Å². The molecule has 1 aliphatic heterocycles. The van der Waals surface area contributed by atoms with E-state index in [1.165, 1.54) is 16.2 Å². The molecule has 8 heteroatoms. The monoisotopic (exact) mass is 469 g/mol. The van der Waals surface area contributed by atoms with E-state index >= 15 is 0 Å². The molecule has 3 heterocycles. The summed E-state index contributed by atoms with van der Waals surface area (Å²) in [6, 6.07) is 9.89. The van der Waals surface area contributed by atoms with Crippen LogP contribution >= 0.6 is 27.3 Å². The Hall–Kier alpha value is -2.84. The van der Waals surface area contributed by atoms with Crippen molar-refractivity contribution in [1.82, 2.24) is 9.97 Å². The third-order valence-electron chi connectivity index (χ3n) is 4.65. The molecule has 1 aliphatic rings. The van der Waals surface area contributed by atoms with Crippen LogP contribution in [-0.2, 0) is 4.79 Å². The van der Waals surface area contributed by atoms with Gasteiger partial charge in [-0.15, -0.1) is 11.3 Å². The number of aromatic nitrogens is 2. The van der Waals surface area contributed by atoms with Crippen molar-refractivity contribution in [3.8, 4) is 0 Å². The Morgan fingerprint density at radius 3 is 2.66 bits per heavy atom. The fourth-order valence-corrected chi connectivity index (χ4v) is 4.71. The lowest BCUT2D eigenvalue weighted by molar-refractivity contribution is -0.117. The molecule has 1 atom stereocenters. The van der Waals surface area contributed by atoms with E-state index in [1.807, 2.05) is 13.0 Å². The van der Waals surface area contributed by atoms with E-state index in [1.54, 1.807) is 49.6 Å². The summed E-state index contributed by atoms with van der Waals surface area (Å²) in [5.74, 6) is -1.57. The molecule has 0 radical (unpaired) electrons. The number of nitrogens with zero attached hydrogens (tertiary/aromatic N) is 3. The van der Waals surface area contributed by atoms with Crippen molar-refractivity contribution < 1.29 is 14.7 Å². The number of hydrogen-bond acceptors (Lipinski definition) is 6. The lowest BCUT2D eigenvalue weighted by atomic mass is 9.96. The Morgan fingerprint density at radius 2 is 2.03 bits per heavy atom. The minimum atomic E-state index is -0.792. The molecule has 4 rings (SSSR count). The number of amides is 1. The molecule has 0 bridgehead atoms. The summed E-state index contributed by atoms with van der Waals surface area (Å²) in [5, 5.41) is 11.5. The Balaban J connectivity index is 1.90. The number of hydrogen-bond donors (Lipinski definition) is 1. The first kappa shape index (κ1) is 19.5. The van der Waals surface area contributed by atoms with Gasteiger partial charge in [-0.1, -0.05) is 28.1 Å². The van der Waals surface area contributed by atoms with Crippen LogP contribution in [0.5, 0.6) is 0 Å². The fraction of sp³-hybridized carbons (Fsp3) is 0.143. The van der Waals surface area contributed by atoms with Gasteiger partial charge in [0, 0.05) is 22.6 Å². The molecule has 3 aromatic rings. The van der Waals surface area contributed by atoms with Crippen molar-refractivity contribution in [3.05, 3.63) is 85.7 Å². The maximum atomic E-state index is 13.4. The van der Waals surface area contributed by atoms with Gasteiger partial charge in [-0.05, 0) is 43.7 Å². The standard InChI is InChI=1S/C21H16BrN3O3S/c1-11-20(29-12(2)24-11)18(26)16-17(13-5-4-8-23-10-13)25(21(28)19(16)27)15-7-3-6-14(22)9-15/h3-10,17,27H,1-2H3. The van der Waals surface area contributed by atoms with E-state index in [-0.39, 0.29) is 5.57 Å². The van der Waals surface area contributed by atoms with Gasteiger partial charge in [-0.25, -0.2) is 4.98 Å². The number of aryl methyl sites for hydroxylation is 2. The Morgan fingerprint density at radius 1 is 1.24 bits per heavy atom. The van der Waals surface area contributed by atoms with Crippen LogP contribution in [-0.4, -0.2) is 26.8 Å². The highest BCUT2D eigenvalue weighted by molar-refractivity contribution is 9.10. The number of aliphatic hydroxyl groups excluding tert-OH is 1. The van der Waals surface area contributed by atoms with Gasteiger partial charge >= 0.3 is 0 Å². The SMILES string of the molecule is Cc1nc(C)c(C(=O)C2=C(O)C(=O)N(c3cccc(Br)c3)C2c2cccnc2)s1. The van der Waals surface area contributed by atoms with Crippen molar-refractivity contribution in [2.45, 2.75) is 19.9 Å². The number of thiazole rings is 1. The molecule has 0 saturated carbocycles. The number of rotatable bonds is 4. The minimum Gasteiger partial charge on any atom is -0.503 e. The number of carbonyl (C=O) groups is 2. The highest BCUT2D eigenvalue weighted by Crippen LogP contribution is 2.42. The summed E-state index contributed by atoms with van der Waals surface area (Å²) in [6.45, 7) is 3.56. The first-order chi connectivity index (χ1) is 13.9. The molecule has 29 heavy (non-hydrogen) atoms. The third kappa shape index (κ3) is 3.38. The van der Waals surface area contributed by atoms with Crippen LogP contribution in [0.25, 0.3) is 0 Å². The predicted molar refractivity (Wildman–Crippen MR) is 114 cm³/mol. The van der Waals surface area contributed by atoms with E-state index in [4.69, 9.17) is 0 Å². The molecule has 1 unspecified atom stereocenters. The molecule has 146 valence electrons. The molecule has 6 nitrogen and oxygen atoms in total. The number of pyridine rings is 1. The van der Waals surface area contributed by atoms with Gasteiger partial charge in [-0.2, -0.15) is 0 Å². The molecule has 0 saturated heterocycles. The van der Waals surface area contributed by atoms with E-state index in [0.29, 0.717) is 21.8 Å².